The van der Waals surface area contributed by atoms with Gasteiger partial charge in [0.25, 0.3) is 5.91 Å². The topological polar surface area (TPSA) is 84.5 Å². The Morgan fingerprint density at radius 2 is 1.79 bits per heavy atom. The van der Waals surface area contributed by atoms with Gasteiger partial charge in [-0.1, -0.05) is 23.2 Å². The summed E-state index contributed by atoms with van der Waals surface area (Å²) >= 11 is 11.5. The molecular formula is C16H12Cl2F4N2O4S. The van der Waals surface area contributed by atoms with Gasteiger partial charge in [0.05, 0.1) is 16.1 Å². The number of carbonyl (C=O) groups excluding carboxylic acids is 1. The molecule has 2 aromatic rings. The van der Waals surface area contributed by atoms with E-state index in [4.69, 9.17) is 27.9 Å². The standard InChI is InChI=1S/C16H12Cl2F4N2O4S/c1-23-29(26,27)24-15(25)10-6-13(18)8(4-14(10)19)7-28-9-2-3-12(17)11(5-9)16(20,21)22/h2-6,23H,7H2,1H3,(H,24,25). The smallest absolute Gasteiger partial charge is 0.417 e. The summed E-state index contributed by atoms with van der Waals surface area (Å²) in [5.74, 6) is -2.57. The molecule has 2 aromatic carbocycles. The molecule has 29 heavy (non-hydrogen) atoms. The fourth-order valence-electron chi connectivity index (χ4n) is 2.07. The average Bonchev–Trinajstić information content (AvgIpc) is 2.61. The fourth-order valence-corrected chi connectivity index (χ4v) is 2.97. The van der Waals surface area contributed by atoms with Crippen LogP contribution >= 0.6 is 23.2 Å². The van der Waals surface area contributed by atoms with Gasteiger partial charge in [-0.2, -0.15) is 21.6 Å². The van der Waals surface area contributed by atoms with Gasteiger partial charge in [-0.15, -0.1) is 0 Å². The number of ether oxygens (including phenoxy) is 1. The van der Waals surface area contributed by atoms with Crippen LogP contribution in [0.2, 0.25) is 10.0 Å². The highest BCUT2D eigenvalue weighted by molar-refractivity contribution is 7.88. The molecule has 0 aliphatic carbocycles. The van der Waals surface area contributed by atoms with Crippen LogP contribution in [0.25, 0.3) is 0 Å². The lowest BCUT2D eigenvalue weighted by atomic mass is 10.1. The average molecular weight is 475 g/mol. The zero-order valence-electron chi connectivity index (χ0n) is 14.4. The molecule has 2 N–H and O–H groups in total. The minimum Gasteiger partial charge on any atom is -0.489 e. The lowest BCUT2D eigenvalue weighted by molar-refractivity contribution is -0.137. The van der Waals surface area contributed by atoms with E-state index in [0.717, 1.165) is 25.2 Å². The first-order chi connectivity index (χ1) is 13.3. The van der Waals surface area contributed by atoms with E-state index in [9.17, 15) is 30.8 Å². The van der Waals surface area contributed by atoms with Crippen LogP contribution in [0.1, 0.15) is 21.5 Å². The van der Waals surface area contributed by atoms with Crippen molar-refractivity contribution in [2.24, 2.45) is 0 Å². The van der Waals surface area contributed by atoms with Crippen molar-refractivity contribution < 1.29 is 35.5 Å². The van der Waals surface area contributed by atoms with Crippen LogP contribution in [0, 0.1) is 5.82 Å². The zero-order valence-corrected chi connectivity index (χ0v) is 16.7. The van der Waals surface area contributed by atoms with Crippen molar-refractivity contribution >= 4 is 39.3 Å². The number of hydrogen-bond acceptors (Lipinski definition) is 4. The number of rotatable bonds is 6. The molecule has 0 unspecified atom stereocenters. The van der Waals surface area contributed by atoms with E-state index in [2.05, 4.69) is 0 Å². The molecule has 0 saturated carbocycles. The summed E-state index contributed by atoms with van der Waals surface area (Å²) < 4.78 is 84.1. The van der Waals surface area contributed by atoms with Gasteiger partial charge in [-0.3, -0.25) is 4.79 Å². The minimum atomic E-state index is -4.69. The number of halogens is 6. The second kappa shape index (κ2) is 8.74. The molecule has 158 valence electrons. The van der Waals surface area contributed by atoms with E-state index in [0.29, 0.717) is 6.07 Å². The number of amides is 1. The van der Waals surface area contributed by atoms with Crippen molar-refractivity contribution in [3.63, 3.8) is 0 Å². The van der Waals surface area contributed by atoms with Crippen LogP contribution in [-0.4, -0.2) is 21.4 Å². The monoisotopic (exact) mass is 474 g/mol. The SMILES string of the molecule is CNS(=O)(=O)NC(=O)c1cc(Cl)c(COc2ccc(Cl)c(C(F)(F)F)c2)cc1F. The van der Waals surface area contributed by atoms with Crippen LogP contribution in [-0.2, 0) is 23.0 Å². The highest BCUT2D eigenvalue weighted by Crippen LogP contribution is 2.37. The van der Waals surface area contributed by atoms with Crippen molar-refractivity contribution in [3.05, 3.63) is 62.9 Å². The molecule has 13 heteroatoms. The maximum Gasteiger partial charge on any atom is 0.417 e. The van der Waals surface area contributed by atoms with Crippen LogP contribution < -0.4 is 14.2 Å². The minimum absolute atomic E-state index is 0.0145. The van der Waals surface area contributed by atoms with Crippen molar-refractivity contribution in [3.8, 4) is 5.75 Å². The van der Waals surface area contributed by atoms with Crippen molar-refractivity contribution in [2.75, 3.05) is 7.05 Å². The summed E-state index contributed by atoms with van der Waals surface area (Å²) in [5, 5.41) is -0.677. The number of carbonyl (C=O) groups is 1. The molecule has 6 nitrogen and oxygen atoms in total. The molecule has 0 atom stereocenters. The van der Waals surface area contributed by atoms with E-state index in [-0.39, 0.29) is 16.3 Å². The second-order valence-corrected chi connectivity index (χ2v) is 7.92. The van der Waals surface area contributed by atoms with E-state index < -0.39 is 50.9 Å². The van der Waals surface area contributed by atoms with E-state index >= 15 is 0 Å². The molecule has 0 spiro atoms. The Balaban J connectivity index is 2.21. The molecule has 2 rings (SSSR count). The van der Waals surface area contributed by atoms with E-state index in [1.807, 2.05) is 4.72 Å². The van der Waals surface area contributed by atoms with E-state index in [1.165, 1.54) is 6.07 Å². The highest BCUT2D eigenvalue weighted by Gasteiger charge is 2.33. The van der Waals surface area contributed by atoms with Crippen LogP contribution in [0.4, 0.5) is 17.6 Å². The quantitative estimate of drug-likeness (QED) is 0.621. The van der Waals surface area contributed by atoms with Gasteiger partial charge >= 0.3 is 16.4 Å². The molecule has 0 aliphatic rings. The van der Waals surface area contributed by atoms with E-state index in [1.54, 1.807) is 4.72 Å². The Labute approximate surface area is 172 Å². The predicted molar refractivity (Wildman–Crippen MR) is 97.6 cm³/mol. The first-order valence-corrected chi connectivity index (χ1v) is 9.81. The second-order valence-electron chi connectivity index (χ2n) is 5.49. The third kappa shape index (κ3) is 5.95. The van der Waals surface area contributed by atoms with Gasteiger partial charge in [0.1, 0.15) is 18.2 Å². The zero-order chi connectivity index (χ0) is 22.0. The maximum absolute atomic E-state index is 14.2. The summed E-state index contributed by atoms with van der Waals surface area (Å²) in [6.45, 7) is -0.425. The Hall–Kier alpha value is -2.08. The summed E-state index contributed by atoms with van der Waals surface area (Å²) in [5.41, 5.74) is -1.74. The molecule has 0 bridgehead atoms. The highest BCUT2D eigenvalue weighted by atomic mass is 35.5. The Morgan fingerprint density at radius 1 is 1.14 bits per heavy atom. The van der Waals surface area contributed by atoms with Gasteiger partial charge in [-0.25, -0.2) is 13.8 Å². The molecular weight excluding hydrogens is 463 g/mol. The molecule has 0 aromatic heterocycles. The van der Waals surface area contributed by atoms with Crippen LogP contribution in [0.5, 0.6) is 5.75 Å². The lowest BCUT2D eigenvalue weighted by Crippen LogP contribution is -2.38. The van der Waals surface area contributed by atoms with Gasteiger partial charge in [0.15, 0.2) is 0 Å². The lowest BCUT2D eigenvalue weighted by Gasteiger charge is -2.13. The Kier molecular flexibility index (Phi) is 6.99. The fraction of sp³-hybridized carbons (Fsp3) is 0.188. The molecule has 0 aliphatic heterocycles. The molecule has 0 radical (unpaired) electrons. The Morgan fingerprint density at radius 3 is 2.38 bits per heavy atom. The number of alkyl halides is 3. The first kappa shape index (κ1) is 23.2. The summed E-state index contributed by atoms with van der Waals surface area (Å²) in [6, 6.07) is 4.55. The molecule has 0 fully saturated rings. The summed E-state index contributed by atoms with van der Waals surface area (Å²) in [4.78, 5) is 11.9. The van der Waals surface area contributed by atoms with Crippen molar-refractivity contribution in [2.45, 2.75) is 12.8 Å². The third-order valence-electron chi connectivity index (χ3n) is 3.51. The predicted octanol–water partition coefficient (Wildman–Crippen LogP) is 3.92. The number of hydrogen-bond donors (Lipinski definition) is 2. The number of benzene rings is 2. The maximum atomic E-state index is 14.2. The summed E-state index contributed by atoms with van der Waals surface area (Å²) in [6.07, 6.45) is -4.69. The van der Waals surface area contributed by atoms with Gasteiger partial charge in [0, 0.05) is 17.6 Å². The molecule has 0 saturated heterocycles. The van der Waals surface area contributed by atoms with Gasteiger partial charge < -0.3 is 4.74 Å². The normalized spacial score (nSPS) is 12.0. The third-order valence-corrected chi connectivity index (χ3v) is 5.19. The first-order valence-electron chi connectivity index (χ1n) is 7.57. The number of nitrogens with one attached hydrogen (secondary N) is 2. The van der Waals surface area contributed by atoms with Crippen LogP contribution in [0.15, 0.2) is 30.3 Å². The summed E-state index contributed by atoms with van der Waals surface area (Å²) in [7, 11) is -3.12. The van der Waals surface area contributed by atoms with Gasteiger partial charge in [-0.05, 0) is 30.3 Å². The van der Waals surface area contributed by atoms with Crippen molar-refractivity contribution in [1.82, 2.24) is 9.44 Å². The molecule has 0 heterocycles. The van der Waals surface area contributed by atoms with Gasteiger partial charge in [0.2, 0.25) is 0 Å². The van der Waals surface area contributed by atoms with Crippen LogP contribution in [0.3, 0.4) is 0 Å². The molecule has 1 amide bonds. The largest absolute Gasteiger partial charge is 0.489 e. The van der Waals surface area contributed by atoms with Crippen molar-refractivity contribution in [1.29, 1.82) is 0 Å². The Bertz CT molecular complexity index is 1050.